The third-order valence-electron chi connectivity index (χ3n) is 4.71. The van der Waals surface area contributed by atoms with Gasteiger partial charge in [-0.2, -0.15) is 0 Å². The molecule has 1 aliphatic heterocycles. The minimum absolute atomic E-state index is 0.324. The minimum Gasteiger partial charge on any atom is -0.493 e. The molecule has 0 spiro atoms. The molecule has 0 bridgehead atoms. The van der Waals surface area contributed by atoms with Crippen LogP contribution in [0, 0.1) is 7.14 Å². The third-order valence-corrected chi connectivity index (χ3v) is 7.33. The van der Waals surface area contributed by atoms with Crippen LogP contribution in [0.25, 0.3) is 6.08 Å². The van der Waals surface area contributed by atoms with E-state index in [4.69, 9.17) is 21.1 Å². The maximum Gasteiger partial charge on any atom is 0.298 e. The molecule has 1 heterocycles. The van der Waals surface area contributed by atoms with Crippen molar-refractivity contribution in [2.75, 3.05) is 12.0 Å². The van der Waals surface area contributed by atoms with Crippen LogP contribution in [0.2, 0.25) is 5.02 Å². The number of halogens is 3. The molecule has 2 amide bonds. The molecule has 0 unspecified atom stereocenters. The lowest BCUT2D eigenvalue weighted by atomic mass is 10.1. The van der Waals surface area contributed by atoms with Gasteiger partial charge in [0.05, 0.1) is 21.3 Å². The van der Waals surface area contributed by atoms with Gasteiger partial charge in [-0.3, -0.25) is 9.59 Å². The predicted octanol–water partition coefficient (Wildman–Crippen LogP) is 7.38. The zero-order valence-corrected chi connectivity index (χ0v) is 23.1. The highest BCUT2D eigenvalue weighted by Gasteiger charge is 2.36. The lowest BCUT2D eigenvalue weighted by Gasteiger charge is -2.14. The van der Waals surface area contributed by atoms with Crippen molar-refractivity contribution in [3.8, 4) is 11.5 Å². The first-order chi connectivity index (χ1) is 15.9. The fourth-order valence-electron chi connectivity index (χ4n) is 3.16. The average molecular weight is 704 g/mol. The highest BCUT2D eigenvalue weighted by Crippen LogP contribution is 2.39. The first-order valence-electron chi connectivity index (χ1n) is 9.64. The molecule has 168 valence electrons. The van der Waals surface area contributed by atoms with E-state index in [-0.39, 0.29) is 11.1 Å². The Morgan fingerprint density at radius 1 is 1.06 bits per heavy atom. The molecular formula is C24H16ClI2NO4S. The number of anilines is 1. The molecule has 1 fully saturated rings. The molecule has 0 aliphatic carbocycles. The SMILES string of the molecule is COc1cc(/C=C2/SC(=O)N(c3cccc(Cl)c3)C2=O)cc(I)c1OCc1ccc(I)cc1. The fraction of sp³-hybridized carbons (Fsp3) is 0.0833. The van der Waals surface area contributed by atoms with E-state index >= 15 is 0 Å². The Kier molecular flexibility index (Phi) is 7.87. The lowest BCUT2D eigenvalue weighted by Crippen LogP contribution is -2.27. The largest absolute Gasteiger partial charge is 0.493 e. The van der Waals surface area contributed by atoms with Crippen molar-refractivity contribution in [2.24, 2.45) is 0 Å². The smallest absolute Gasteiger partial charge is 0.298 e. The summed E-state index contributed by atoms with van der Waals surface area (Å²) in [5.41, 5.74) is 2.22. The lowest BCUT2D eigenvalue weighted by molar-refractivity contribution is -0.113. The van der Waals surface area contributed by atoms with Gasteiger partial charge >= 0.3 is 0 Å². The second-order valence-corrected chi connectivity index (χ2v) is 10.8. The molecular weight excluding hydrogens is 688 g/mol. The Bertz CT molecular complexity index is 1260. The van der Waals surface area contributed by atoms with Crippen LogP contribution in [-0.2, 0) is 11.4 Å². The van der Waals surface area contributed by atoms with Crippen molar-refractivity contribution >= 4 is 91.5 Å². The van der Waals surface area contributed by atoms with E-state index in [9.17, 15) is 9.59 Å². The number of amides is 2. The Morgan fingerprint density at radius 3 is 2.52 bits per heavy atom. The molecule has 0 N–H and O–H groups in total. The zero-order chi connectivity index (χ0) is 23.5. The first-order valence-corrected chi connectivity index (χ1v) is 13.0. The predicted molar refractivity (Wildman–Crippen MR) is 149 cm³/mol. The average Bonchev–Trinajstić information content (AvgIpc) is 3.06. The summed E-state index contributed by atoms with van der Waals surface area (Å²) in [4.78, 5) is 26.9. The number of carbonyl (C=O) groups excluding carboxylic acids is 2. The fourth-order valence-corrected chi connectivity index (χ4v) is 5.32. The van der Waals surface area contributed by atoms with Crippen LogP contribution in [0.4, 0.5) is 10.5 Å². The molecule has 1 aliphatic rings. The first kappa shape index (κ1) is 24.4. The monoisotopic (exact) mass is 703 g/mol. The molecule has 0 saturated carbocycles. The summed E-state index contributed by atoms with van der Waals surface area (Å²) in [6, 6.07) is 18.4. The third kappa shape index (κ3) is 5.67. The van der Waals surface area contributed by atoms with E-state index in [0.29, 0.717) is 33.7 Å². The number of benzene rings is 3. The number of rotatable bonds is 6. The number of nitrogens with zero attached hydrogens (tertiary/aromatic N) is 1. The van der Waals surface area contributed by atoms with Crippen molar-refractivity contribution in [1.82, 2.24) is 0 Å². The number of methoxy groups -OCH3 is 1. The highest BCUT2D eigenvalue weighted by atomic mass is 127. The molecule has 5 nitrogen and oxygen atoms in total. The van der Waals surface area contributed by atoms with Crippen molar-refractivity contribution in [1.29, 1.82) is 0 Å². The van der Waals surface area contributed by atoms with Gasteiger partial charge in [0, 0.05) is 8.59 Å². The zero-order valence-electron chi connectivity index (χ0n) is 17.2. The van der Waals surface area contributed by atoms with Gasteiger partial charge in [0.15, 0.2) is 11.5 Å². The standard InChI is InChI=1S/C24H16ClI2NO4S/c1-31-20-10-15(9-19(27)22(20)32-13-14-5-7-17(26)8-6-14)11-21-23(29)28(24(30)33-21)18-4-2-3-16(25)12-18/h2-12H,13H2,1H3/b21-11+. The summed E-state index contributed by atoms with van der Waals surface area (Å²) < 4.78 is 13.6. The number of imide groups is 1. The Hall–Kier alpha value is -1.76. The van der Waals surface area contributed by atoms with Gasteiger partial charge in [-0.25, -0.2) is 4.90 Å². The number of thioether (sulfide) groups is 1. The highest BCUT2D eigenvalue weighted by molar-refractivity contribution is 14.1. The maximum atomic E-state index is 12.9. The molecule has 3 aromatic rings. The normalized spacial score (nSPS) is 14.8. The quantitative estimate of drug-likeness (QED) is 0.198. The van der Waals surface area contributed by atoms with Crippen LogP contribution >= 0.6 is 68.5 Å². The van der Waals surface area contributed by atoms with Crippen LogP contribution in [0.3, 0.4) is 0 Å². The van der Waals surface area contributed by atoms with Gasteiger partial charge in [-0.05, 0) is 117 Å². The van der Waals surface area contributed by atoms with E-state index in [1.807, 2.05) is 30.3 Å². The van der Waals surface area contributed by atoms with Crippen molar-refractivity contribution < 1.29 is 19.1 Å². The van der Waals surface area contributed by atoms with E-state index < -0.39 is 0 Å². The summed E-state index contributed by atoms with van der Waals surface area (Å²) in [6.07, 6.45) is 1.68. The van der Waals surface area contributed by atoms with Crippen molar-refractivity contribution in [3.63, 3.8) is 0 Å². The molecule has 0 atom stereocenters. The van der Waals surface area contributed by atoms with Crippen LogP contribution in [0.1, 0.15) is 11.1 Å². The number of hydrogen-bond donors (Lipinski definition) is 0. The van der Waals surface area contributed by atoms with Crippen LogP contribution in [-0.4, -0.2) is 18.3 Å². The Morgan fingerprint density at radius 2 is 1.82 bits per heavy atom. The van der Waals surface area contributed by atoms with E-state index in [2.05, 4.69) is 45.2 Å². The summed E-state index contributed by atoms with van der Waals surface area (Å²) in [5, 5.41) is 0.0864. The van der Waals surface area contributed by atoms with Gasteiger partial charge in [0.1, 0.15) is 6.61 Å². The molecule has 4 rings (SSSR count). The van der Waals surface area contributed by atoms with Crippen molar-refractivity contribution in [2.45, 2.75) is 6.61 Å². The van der Waals surface area contributed by atoms with Gasteiger partial charge in [-0.15, -0.1) is 0 Å². The molecule has 0 radical (unpaired) electrons. The molecule has 33 heavy (non-hydrogen) atoms. The minimum atomic E-state index is -0.389. The van der Waals surface area contributed by atoms with Gasteiger partial charge < -0.3 is 9.47 Å². The molecule has 9 heteroatoms. The number of ether oxygens (including phenoxy) is 2. The Labute approximate surface area is 227 Å². The second-order valence-electron chi connectivity index (χ2n) is 6.95. The van der Waals surface area contributed by atoms with E-state index in [1.54, 1.807) is 43.5 Å². The Balaban J connectivity index is 1.58. The van der Waals surface area contributed by atoms with Crippen LogP contribution < -0.4 is 14.4 Å². The second kappa shape index (κ2) is 10.7. The van der Waals surface area contributed by atoms with Crippen LogP contribution in [0.5, 0.6) is 11.5 Å². The summed E-state index contributed by atoms with van der Waals surface area (Å²) >= 11 is 11.4. The van der Waals surface area contributed by atoms with Gasteiger partial charge in [-0.1, -0.05) is 29.8 Å². The maximum absolute atomic E-state index is 12.9. The molecule has 1 saturated heterocycles. The van der Waals surface area contributed by atoms with Crippen molar-refractivity contribution in [3.05, 3.63) is 88.9 Å². The molecule has 3 aromatic carbocycles. The van der Waals surface area contributed by atoms with E-state index in [1.165, 1.54) is 0 Å². The molecule has 0 aromatic heterocycles. The van der Waals surface area contributed by atoms with Gasteiger partial charge in [0.25, 0.3) is 11.1 Å². The number of hydrogen-bond acceptors (Lipinski definition) is 5. The summed E-state index contributed by atoms with van der Waals surface area (Å²) in [7, 11) is 1.57. The van der Waals surface area contributed by atoms with Gasteiger partial charge in [0.2, 0.25) is 0 Å². The van der Waals surface area contributed by atoms with Crippen LogP contribution in [0.15, 0.2) is 65.6 Å². The number of carbonyl (C=O) groups is 2. The van der Waals surface area contributed by atoms with E-state index in [0.717, 1.165) is 34.9 Å². The summed E-state index contributed by atoms with van der Waals surface area (Å²) in [6.45, 7) is 0.404. The topological polar surface area (TPSA) is 55.8 Å². The summed E-state index contributed by atoms with van der Waals surface area (Å²) in [5.74, 6) is 0.786.